The molecule has 2 N–H and O–H groups in total. The van der Waals surface area contributed by atoms with Gasteiger partial charge in [-0.3, -0.25) is 18.9 Å². The van der Waals surface area contributed by atoms with Crippen LogP contribution in [0.15, 0.2) is 46.3 Å². The second-order valence-corrected chi connectivity index (χ2v) is 9.37. The summed E-state index contributed by atoms with van der Waals surface area (Å²) in [5.41, 5.74) is 10.5. The van der Waals surface area contributed by atoms with Gasteiger partial charge in [0.2, 0.25) is 5.91 Å². The first-order chi connectivity index (χ1) is 15.2. The molecule has 1 aliphatic carbocycles. The number of rotatable bonds is 3. The zero-order valence-electron chi connectivity index (χ0n) is 18.5. The van der Waals surface area contributed by atoms with Gasteiger partial charge in [-0.1, -0.05) is 24.6 Å². The number of likely N-dealkylation sites (N-methyl/N-ethyl adjacent to an activating group) is 1. The fourth-order valence-corrected chi connectivity index (χ4v) is 5.26. The molecule has 5 rings (SSSR count). The molecule has 0 fully saturated rings. The SMILES string of the molecule is Cc1cc(N2C(=O)C3=C(C2C2=CC=C(Cl)C(C)C2)N(C)CC3C(N)=O)cn2c(C)nnc12. The Kier molecular flexibility index (Phi) is 4.67. The Morgan fingerprint density at radius 1 is 1.25 bits per heavy atom. The van der Waals surface area contributed by atoms with Crippen molar-refractivity contribution >= 4 is 34.7 Å². The molecule has 3 atom stereocenters. The molecule has 4 heterocycles. The van der Waals surface area contributed by atoms with Crippen LogP contribution in [0.3, 0.4) is 0 Å². The lowest BCUT2D eigenvalue weighted by Crippen LogP contribution is -2.44. The van der Waals surface area contributed by atoms with E-state index in [1.807, 2.05) is 54.6 Å². The number of primary amides is 1. The quantitative estimate of drug-likeness (QED) is 0.771. The smallest absolute Gasteiger partial charge is 0.257 e. The minimum atomic E-state index is -0.628. The average molecular weight is 453 g/mol. The minimum Gasteiger partial charge on any atom is -0.374 e. The van der Waals surface area contributed by atoms with Crippen LogP contribution in [0.4, 0.5) is 5.69 Å². The Labute approximate surface area is 191 Å². The number of halogens is 1. The average Bonchev–Trinajstić information content (AvgIpc) is 3.37. The molecule has 3 unspecified atom stereocenters. The number of carbonyl (C=O) groups excluding carboxylic acids is 2. The van der Waals surface area contributed by atoms with Gasteiger partial charge in [0.25, 0.3) is 5.91 Å². The van der Waals surface area contributed by atoms with E-state index in [4.69, 9.17) is 17.3 Å². The Balaban J connectivity index is 1.71. The summed E-state index contributed by atoms with van der Waals surface area (Å²) >= 11 is 6.35. The molecule has 0 spiro atoms. The summed E-state index contributed by atoms with van der Waals surface area (Å²) in [4.78, 5) is 29.8. The van der Waals surface area contributed by atoms with Crippen molar-refractivity contribution in [1.29, 1.82) is 0 Å². The molecule has 2 aromatic rings. The predicted octanol–water partition coefficient (Wildman–Crippen LogP) is 2.45. The molecule has 2 amide bonds. The van der Waals surface area contributed by atoms with Crippen LogP contribution in [-0.2, 0) is 9.59 Å². The summed E-state index contributed by atoms with van der Waals surface area (Å²) < 4.78 is 1.89. The minimum absolute atomic E-state index is 0.154. The molecule has 0 aromatic carbocycles. The number of anilines is 1. The van der Waals surface area contributed by atoms with Gasteiger partial charge in [-0.2, -0.15) is 0 Å². The number of aryl methyl sites for hydroxylation is 2. The van der Waals surface area contributed by atoms with E-state index in [0.29, 0.717) is 12.1 Å². The van der Waals surface area contributed by atoms with E-state index in [2.05, 4.69) is 17.1 Å². The topological polar surface area (TPSA) is 96.8 Å². The second-order valence-electron chi connectivity index (χ2n) is 8.93. The van der Waals surface area contributed by atoms with Gasteiger partial charge in [0, 0.05) is 24.8 Å². The molecular formula is C23H25ClN6O2. The van der Waals surface area contributed by atoms with Crippen LogP contribution in [0, 0.1) is 25.7 Å². The molecule has 166 valence electrons. The van der Waals surface area contributed by atoms with Crippen LogP contribution in [0.2, 0.25) is 0 Å². The molecule has 8 nitrogen and oxygen atoms in total. The number of pyridine rings is 1. The molecule has 0 saturated carbocycles. The lowest BCUT2D eigenvalue weighted by atomic mass is 9.89. The van der Waals surface area contributed by atoms with Crippen molar-refractivity contribution in [2.45, 2.75) is 33.2 Å². The van der Waals surface area contributed by atoms with Crippen LogP contribution in [-0.4, -0.2) is 50.9 Å². The van der Waals surface area contributed by atoms with E-state index in [1.165, 1.54) is 0 Å². The Morgan fingerprint density at radius 3 is 2.69 bits per heavy atom. The summed E-state index contributed by atoms with van der Waals surface area (Å²) in [5, 5.41) is 9.20. The first kappa shape index (κ1) is 20.8. The molecule has 2 aromatic heterocycles. The Morgan fingerprint density at radius 2 is 2.00 bits per heavy atom. The molecule has 0 saturated heterocycles. The standard InChI is InChI=1S/C23H25ClN6O2/c1-11-7-14(5-6-17(11)24)19-20-18(16(21(25)31)10-28(20)4)23(32)30(19)15-8-12(2)22-27-26-13(3)29(22)9-15/h5-6,8-9,11,16,19H,7,10H2,1-4H3,(H2,25,31). The monoisotopic (exact) mass is 452 g/mol. The number of hydrogen-bond donors (Lipinski definition) is 1. The van der Waals surface area contributed by atoms with E-state index in [1.54, 1.807) is 4.90 Å². The van der Waals surface area contributed by atoms with Crippen LogP contribution < -0.4 is 10.6 Å². The number of nitrogens with two attached hydrogens (primary N) is 1. The fourth-order valence-electron chi connectivity index (χ4n) is 5.12. The van der Waals surface area contributed by atoms with Gasteiger partial charge in [-0.25, -0.2) is 0 Å². The highest BCUT2D eigenvalue weighted by Gasteiger charge is 2.51. The number of allylic oxidation sites excluding steroid dienone is 3. The van der Waals surface area contributed by atoms with Crippen molar-refractivity contribution in [3.05, 3.63) is 57.7 Å². The number of carbonyl (C=O) groups is 2. The molecule has 0 radical (unpaired) electrons. The third-order valence-corrected chi connectivity index (χ3v) is 7.24. The third kappa shape index (κ3) is 2.89. The first-order valence-corrected chi connectivity index (χ1v) is 11.0. The van der Waals surface area contributed by atoms with Crippen molar-refractivity contribution in [1.82, 2.24) is 19.5 Å². The first-order valence-electron chi connectivity index (χ1n) is 10.6. The number of fused-ring (bicyclic) bond motifs is 1. The highest BCUT2D eigenvalue weighted by Crippen LogP contribution is 2.45. The zero-order valence-corrected chi connectivity index (χ0v) is 19.2. The van der Waals surface area contributed by atoms with E-state index in [-0.39, 0.29) is 17.9 Å². The van der Waals surface area contributed by atoms with Gasteiger partial charge in [-0.05, 0) is 49.5 Å². The lowest BCUT2D eigenvalue weighted by Gasteiger charge is -2.35. The van der Waals surface area contributed by atoms with E-state index in [0.717, 1.165) is 45.4 Å². The zero-order chi connectivity index (χ0) is 22.9. The van der Waals surface area contributed by atoms with Crippen LogP contribution >= 0.6 is 11.6 Å². The normalized spacial score (nSPS) is 25.5. The molecule has 0 bridgehead atoms. The summed E-state index contributed by atoms with van der Waals surface area (Å²) in [7, 11) is 1.91. The van der Waals surface area contributed by atoms with Crippen LogP contribution in [0.25, 0.3) is 5.65 Å². The summed E-state index contributed by atoms with van der Waals surface area (Å²) in [6.07, 6.45) is 6.53. The van der Waals surface area contributed by atoms with Crippen LogP contribution in [0.1, 0.15) is 24.7 Å². The largest absolute Gasteiger partial charge is 0.374 e. The van der Waals surface area contributed by atoms with E-state index < -0.39 is 11.8 Å². The fraction of sp³-hybridized carbons (Fsp3) is 0.391. The van der Waals surface area contributed by atoms with Crippen molar-refractivity contribution in [3.63, 3.8) is 0 Å². The van der Waals surface area contributed by atoms with Crippen LogP contribution in [0.5, 0.6) is 0 Å². The maximum absolute atomic E-state index is 13.8. The summed E-state index contributed by atoms with van der Waals surface area (Å²) in [5.74, 6) is -0.401. The number of amides is 2. The second kappa shape index (κ2) is 7.20. The van der Waals surface area contributed by atoms with Crippen molar-refractivity contribution in [2.24, 2.45) is 17.6 Å². The lowest BCUT2D eigenvalue weighted by molar-refractivity contribution is -0.123. The van der Waals surface area contributed by atoms with Crippen molar-refractivity contribution in [3.8, 4) is 0 Å². The van der Waals surface area contributed by atoms with Crippen molar-refractivity contribution in [2.75, 3.05) is 18.5 Å². The van der Waals surface area contributed by atoms with Gasteiger partial charge >= 0.3 is 0 Å². The number of nitrogens with zero attached hydrogens (tertiary/aromatic N) is 5. The Bertz CT molecular complexity index is 1270. The molecule has 9 heteroatoms. The van der Waals surface area contributed by atoms with Gasteiger partial charge in [0.15, 0.2) is 5.65 Å². The molecule has 3 aliphatic rings. The van der Waals surface area contributed by atoms with E-state index >= 15 is 0 Å². The maximum atomic E-state index is 13.8. The number of aromatic nitrogens is 3. The predicted molar refractivity (Wildman–Crippen MR) is 122 cm³/mol. The highest BCUT2D eigenvalue weighted by atomic mass is 35.5. The maximum Gasteiger partial charge on any atom is 0.257 e. The summed E-state index contributed by atoms with van der Waals surface area (Å²) in [6.45, 7) is 6.31. The van der Waals surface area contributed by atoms with Gasteiger partial charge in [0.05, 0.1) is 28.9 Å². The van der Waals surface area contributed by atoms with Gasteiger partial charge in [0.1, 0.15) is 5.82 Å². The summed E-state index contributed by atoms with van der Waals surface area (Å²) in [6, 6.07) is 1.62. The van der Waals surface area contributed by atoms with E-state index in [9.17, 15) is 9.59 Å². The molecular weight excluding hydrogens is 428 g/mol. The van der Waals surface area contributed by atoms with Crippen molar-refractivity contribution < 1.29 is 9.59 Å². The Hall–Kier alpha value is -3.13. The molecule has 2 aliphatic heterocycles. The number of hydrogen-bond acceptors (Lipinski definition) is 5. The highest BCUT2D eigenvalue weighted by molar-refractivity contribution is 6.30. The van der Waals surface area contributed by atoms with Gasteiger partial charge in [-0.15, -0.1) is 10.2 Å². The molecule has 32 heavy (non-hydrogen) atoms. The van der Waals surface area contributed by atoms with Gasteiger partial charge < -0.3 is 10.6 Å². The third-order valence-electron chi connectivity index (χ3n) is 6.75.